The third-order valence-corrected chi connectivity index (χ3v) is 3.62. The second-order valence-electron chi connectivity index (χ2n) is 5.31. The Bertz CT molecular complexity index is 716. The van der Waals surface area contributed by atoms with Gasteiger partial charge in [-0.3, -0.25) is 9.78 Å². The van der Waals surface area contributed by atoms with Crippen LogP contribution in [0.15, 0.2) is 42.6 Å². The summed E-state index contributed by atoms with van der Waals surface area (Å²) in [5.74, 6) is -0.162. The zero-order valence-electron chi connectivity index (χ0n) is 13.8. The number of benzene rings is 1. The van der Waals surface area contributed by atoms with Gasteiger partial charge in [0.1, 0.15) is 0 Å². The van der Waals surface area contributed by atoms with Gasteiger partial charge in [0.15, 0.2) is 0 Å². The molecule has 126 valence electrons. The molecule has 2 aromatic rings. The molecule has 6 heteroatoms. The van der Waals surface area contributed by atoms with E-state index in [9.17, 15) is 9.59 Å². The van der Waals surface area contributed by atoms with Gasteiger partial charge in [-0.2, -0.15) is 0 Å². The van der Waals surface area contributed by atoms with E-state index in [1.165, 1.54) is 18.2 Å². The van der Waals surface area contributed by atoms with Crippen LogP contribution in [0.25, 0.3) is 0 Å². The van der Waals surface area contributed by atoms with Gasteiger partial charge in [-0.25, -0.2) is 4.79 Å². The third-order valence-electron chi connectivity index (χ3n) is 3.62. The lowest BCUT2D eigenvalue weighted by molar-refractivity contribution is 0.0954. The molecule has 0 bridgehead atoms. The second kappa shape index (κ2) is 8.67. The fourth-order valence-electron chi connectivity index (χ4n) is 2.25. The van der Waals surface area contributed by atoms with Gasteiger partial charge in [0.05, 0.1) is 19.3 Å². The minimum atomic E-state index is -0.537. The molecule has 1 aromatic heterocycles. The monoisotopic (exact) mass is 327 g/mol. The summed E-state index contributed by atoms with van der Waals surface area (Å²) in [4.78, 5) is 27.4. The fraction of sp³-hybridized carbons (Fsp3) is 0.278. The number of nitrogens with one attached hydrogen (secondary N) is 2. The van der Waals surface area contributed by atoms with Crippen molar-refractivity contribution in [2.24, 2.45) is 0 Å². The van der Waals surface area contributed by atoms with Gasteiger partial charge in [0, 0.05) is 18.3 Å². The Balaban J connectivity index is 1.88. The molecule has 0 saturated heterocycles. The van der Waals surface area contributed by atoms with E-state index < -0.39 is 6.09 Å². The molecule has 0 unspecified atom stereocenters. The standard InChI is InChI=1S/C18H21N3O3/c1-13-5-3-4-6-14(13)7-10-20-17(22)15-8-9-19-16(11-15)12-21-18(23)24-2/h3-6,8-9,11H,7,10,12H2,1-2H3,(H,20,22)(H,21,23). The maximum Gasteiger partial charge on any atom is 0.407 e. The number of ether oxygens (including phenoxy) is 1. The van der Waals surface area contributed by atoms with Crippen LogP contribution in [-0.2, 0) is 17.7 Å². The van der Waals surface area contributed by atoms with Crippen molar-refractivity contribution in [3.05, 3.63) is 65.0 Å². The highest BCUT2D eigenvalue weighted by molar-refractivity contribution is 5.94. The minimum Gasteiger partial charge on any atom is -0.453 e. The molecule has 0 atom stereocenters. The number of carbonyl (C=O) groups excluding carboxylic acids is 2. The van der Waals surface area contributed by atoms with Gasteiger partial charge in [0.2, 0.25) is 0 Å². The van der Waals surface area contributed by atoms with Crippen LogP contribution in [-0.4, -0.2) is 30.6 Å². The lowest BCUT2D eigenvalue weighted by Crippen LogP contribution is -2.26. The molecule has 2 amide bonds. The molecule has 2 N–H and O–H groups in total. The average molecular weight is 327 g/mol. The van der Waals surface area contributed by atoms with Crippen molar-refractivity contribution in [1.29, 1.82) is 0 Å². The number of hydrogen-bond donors (Lipinski definition) is 2. The number of pyridine rings is 1. The summed E-state index contributed by atoms with van der Waals surface area (Å²) < 4.78 is 4.50. The first kappa shape index (κ1) is 17.5. The van der Waals surface area contributed by atoms with Crippen LogP contribution in [0.4, 0.5) is 4.79 Å². The normalized spacial score (nSPS) is 10.1. The van der Waals surface area contributed by atoms with Crippen LogP contribution >= 0.6 is 0 Å². The molecule has 1 heterocycles. The highest BCUT2D eigenvalue weighted by Crippen LogP contribution is 2.07. The number of carbonyl (C=O) groups is 2. The predicted molar refractivity (Wildman–Crippen MR) is 90.7 cm³/mol. The predicted octanol–water partition coefficient (Wildman–Crippen LogP) is 2.22. The Kier molecular flexibility index (Phi) is 6.31. The minimum absolute atomic E-state index is 0.162. The first-order valence-corrected chi connectivity index (χ1v) is 7.69. The lowest BCUT2D eigenvalue weighted by atomic mass is 10.1. The van der Waals surface area contributed by atoms with Crippen molar-refractivity contribution >= 4 is 12.0 Å². The topological polar surface area (TPSA) is 80.3 Å². The molecule has 2 rings (SSSR count). The zero-order valence-corrected chi connectivity index (χ0v) is 13.8. The summed E-state index contributed by atoms with van der Waals surface area (Å²) in [7, 11) is 1.29. The average Bonchev–Trinajstić information content (AvgIpc) is 2.61. The van der Waals surface area contributed by atoms with E-state index in [0.29, 0.717) is 17.8 Å². The second-order valence-corrected chi connectivity index (χ2v) is 5.31. The molecule has 1 aromatic carbocycles. The molecular weight excluding hydrogens is 306 g/mol. The Morgan fingerprint density at radius 2 is 1.96 bits per heavy atom. The smallest absolute Gasteiger partial charge is 0.407 e. The molecule has 0 aliphatic heterocycles. The Morgan fingerprint density at radius 3 is 2.71 bits per heavy atom. The molecular formula is C18H21N3O3. The number of aryl methyl sites for hydroxylation is 1. The molecule has 0 radical (unpaired) electrons. The summed E-state index contributed by atoms with van der Waals surface area (Å²) in [5.41, 5.74) is 3.53. The van der Waals surface area contributed by atoms with Gasteiger partial charge in [-0.15, -0.1) is 0 Å². The number of nitrogens with zero attached hydrogens (tertiary/aromatic N) is 1. The van der Waals surface area contributed by atoms with Crippen molar-refractivity contribution in [2.75, 3.05) is 13.7 Å². The summed E-state index contributed by atoms with van der Waals surface area (Å²) in [5, 5.41) is 5.43. The quantitative estimate of drug-likeness (QED) is 0.852. The van der Waals surface area contributed by atoms with Gasteiger partial charge in [0.25, 0.3) is 5.91 Å². The van der Waals surface area contributed by atoms with Crippen molar-refractivity contribution in [3.8, 4) is 0 Å². The number of alkyl carbamates (subject to hydrolysis) is 1. The number of rotatable bonds is 6. The first-order chi connectivity index (χ1) is 11.6. The number of aromatic nitrogens is 1. The molecule has 24 heavy (non-hydrogen) atoms. The van der Waals surface area contributed by atoms with Crippen molar-refractivity contribution < 1.29 is 14.3 Å². The Labute approximate surface area is 141 Å². The van der Waals surface area contributed by atoms with Gasteiger partial charge in [-0.05, 0) is 36.6 Å². The largest absolute Gasteiger partial charge is 0.453 e. The van der Waals surface area contributed by atoms with E-state index in [1.54, 1.807) is 18.3 Å². The van der Waals surface area contributed by atoms with Crippen LogP contribution in [0.5, 0.6) is 0 Å². The number of hydrogen-bond acceptors (Lipinski definition) is 4. The van der Waals surface area contributed by atoms with E-state index in [4.69, 9.17) is 0 Å². The highest BCUT2D eigenvalue weighted by Gasteiger charge is 2.08. The first-order valence-electron chi connectivity index (χ1n) is 7.69. The van der Waals surface area contributed by atoms with E-state index in [0.717, 1.165) is 6.42 Å². The van der Waals surface area contributed by atoms with E-state index in [1.807, 2.05) is 12.1 Å². The fourth-order valence-corrected chi connectivity index (χ4v) is 2.25. The van der Waals surface area contributed by atoms with Crippen LogP contribution in [0, 0.1) is 6.92 Å². The Morgan fingerprint density at radius 1 is 1.17 bits per heavy atom. The molecule has 0 saturated carbocycles. The van der Waals surface area contributed by atoms with Gasteiger partial charge >= 0.3 is 6.09 Å². The summed E-state index contributed by atoms with van der Waals surface area (Å²) in [6.07, 6.45) is 1.79. The van der Waals surface area contributed by atoms with Crippen LogP contribution < -0.4 is 10.6 Å². The molecule has 6 nitrogen and oxygen atoms in total. The van der Waals surface area contributed by atoms with Gasteiger partial charge < -0.3 is 15.4 Å². The van der Waals surface area contributed by atoms with E-state index in [2.05, 4.69) is 39.4 Å². The van der Waals surface area contributed by atoms with Crippen LogP contribution in [0.2, 0.25) is 0 Å². The molecule has 0 fully saturated rings. The maximum atomic E-state index is 12.2. The maximum absolute atomic E-state index is 12.2. The summed E-state index contributed by atoms with van der Waals surface area (Å²) >= 11 is 0. The third kappa shape index (κ3) is 5.08. The molecule has 0 spiro atoms. The van der Waals surface area contributed by atoms with E-state index in [-0.39, 0.29) is 12.5 Å². The van der Waals surface area contributed by atoms with Crippen molar-refractivity contribution in [1.82, 2.24) is 15.6 Å². The zero-order chi connectivity index (χ0) is 17.4. The molecule has 0 aliphatic carbocycles. The molecule has 0 aliphatic rings. The van der Waals surface area contributed by atoms with Crippen LogP contribution in [0.3, 0.4) is 0 Å². The summed E-state index contributed by atoms with van der Waals surface area (Å²) in [6.45, 7) is 2.82. The Hall–Kier alpha value is -2.89. The van der Waals surface area contributed by atoms with Crippen molar-refractivity contribution in [2.45, 2.75) is 19.9 Å². The number of methoxy groups -OCH3 is 1. The highest BCUT2D eigenvalue weighted by atomic mass is 16.5. The lowest BCUT2D eigenvalue weighted by Gasteiger charge is -2.08. The van der Waals surface area contributed by atoms with Gasteiger partial charge in [-0.1, -0.05) is 24.3 Å². The SMILES string of the molecule is COC(=O)NCc1cc(C(=O)NCCc2ccccc2C)ccn1. The summed E-state index contributed by atoms with van der Waals surface area (Å²) in [6, 6.07) is 11.4. The van der Waals surface area contributed by atoms with E-state index >= 15 is 0 Å². The van der Waals surface area contributed by atoms with Crippen molar-refractivity contribution in [3.63, 3.8) is 0 Å². The number of amides is 2. The van der Waals surface area contributed by atoms with Crippen LogP contribution in [0.1, 0.15) is 27.2 Å².